The van der Waals surface area contributed by atoms with Crippen molar-refractivity contribution in [2.45, 2.75) is 13.8 Å². The monoisotopic (exact) mass is 239 g/mol. The van der Waals surface area contributed by atoms with Crippen LogP contribution in [0, 0.1) is 6.92 Å². The van der Waals surface area contributed by atoms with Gasteiger partial charge in [-0.25, -0.2) is 4.98 Å². The third-order valence-electron chi connectivity index (χ3n) is 2.23. The van der Waals surface area contributed by atoms with E-state index < -0.39 is 0 Å². The molecule has 0 fully saturated rings. The van der Waals surface area contributed by atoms with E-state index in [1.807, 2.05) is 37.3 Å². The van der Waals surface area contributed by atoms with Gasteiger partial charge in [0.15, 0.2) is 0 Å². The average Bonchev–Trinajstić information content (AvgIpc) is 2.16. The minimum absolute atomic E-state index is 0. The quantitative estimate of drug-likeness (QED) is 0.775. The molecule has 0 aliphatic rings. The van der Waals surface area contributed by atoms with E-state index in [0.717, 1.165) is 16.5 Å². The van der Waals surface area contributed by atoms with Crippen LogP contribution in [0.25, 0.3) is 10.9 Å². The Bertz CT molecular complexity index is 525. The van der Waals surface area contributed by atoms with Gasteiger partial charge in [-0.2, -0.15) is 0 Å². The number of fused-ring (bicyclic) bond motifs is 1. The molecule has 1 aromatic heterocycles. The third kappa shape index (κ3) is 3.12. The fourth-order valence-corrected chi connectivity index (χ4v) is 1.59. The summed E-state index contributed by atoms with van der Waals surface area (Å²) in [6.45, 7) is 3.49. The zero-order chi connectivity index (χ0) is 10.8. The molecule has 0 unspecified atom stereocenters. The maximum absolute atomic E-state index is 10.9. The molecule has 2 rings (SSSR count). The van der Waals surface area contributed by atoms with E-state index in [4.69, 9.17) is 0 Å². The molecule has 1 radical (unpaired) electrons. The van der Waals surface area contributed by atoms with Gasteiger partial charge in [-0.1, -0.05) is 18.2 Å². The summed E-state index contributed by atoms with van der Waals surface area (Å²) < 4.78 is 0. The van der Waals surface area contributed by atoms with E-state index in [-0.39, 0.29) is 57.3 Å². The largest absolute Gasteiger partial charge is 0.311 e. The summed E-state index contributed by atoms with van der Waals surface area (Å²) in [7, 11) is 0. The molecule has 0 bridgehead atoms. The third-order valence-corrected chi connectivity index (χ3v) is 2.23. The van der Waals surface area contributed by atoms with Crippen molar-refractivity contribution < 1.29 is 4.79 Å². The van der Waals surface area contributed by atoms with Gasteiger partial charge < -0.3 is 5.32 Å². The number of aromatic nitrogens is 1. The van der Waals surface area contributed by atoms with Gasteiger partial charge in [0.1, 0.15) is 5.82 Å². The molecule has 1 heterocycles. The van der Waals surface area contributed by atoms with Crippen molar-refractivity contribution in [3.63, 3.8) is 0 Å². The molecule has 0 spiro atoms. The molecular weight excluding hydrogens is 227 g/mol. The molecule has 16 heavy (non-hydrogen) atoms. The summed E-state index contributed by atoms with van der Waals surface area (Å²) in [5, 5.41) is 3.80. The van der Waals surface area contributed by atoms with Crippen LogP contribution in [0.1, 0.15) is 12.5 Å². The van der Waals surface area contributed by atoms with E-state index in [1.54, 1.807) is 0 Å². The number of benzene rings is 1. The van der Waals surface area contributed by atoms with Crippen molar-refractivity contribution in [1.29, 1.82) is 0 Å². The maximum atomic E-state index is 10.9. The topological polar surface area (TPSA) is 42.0 Å². The summed E-state index contributed by atoms with van der Waals surface area (Å²) in [6.07, 6.45) is 0. The van der Waals surface area contributed by atoms with E-state index in [0.29, 0.717) is 5.82 Å². The van der Waals surface area contributed by atoms with Gasteiger partial charge in [0.05, 0.1) is 5.52 Å². The van der Waals surface area contributed by atoms with Gasteiger partial charge in [-0.3, -0.25) is 4.79 Å². The van der Waals surface area contributed by atoms with Crippen LogP contribution in [0.2, 0.25) is 0 Å². The van der Waals surface area contributed by atoms with Gasteiger partial charge >= 0.3 is 0 Å². The summed E-state index contributed by atoms with van der Waals surface area (Å²) in [5.74, 6) is 0.510. The smallest absolute Gasteiger partial charge is 0.222 e. The zero-order valence-corrected chi connectivity index (χ0v) is 12.9. The summed E-state index contributed by atoms with van der Waals surface area (Å²) >= 11 is 0. The SMILES string of the molecule is CC(=O)Nc1cc(C)c2ccccc2n1.[K]. The van der Waals surface area contributed by atoms with Crippen LogP contribution in [0.5, 0.6) is 0 Å². The first-order valence-electron chi connectivity index (χ1n) is 4.81. The number of hydrogen-bond donors (Lipinski definition) is 1. The number of amides is 1. The summed E-state index contributed by atoms with van der Waals surface area (Å²) in [4.78, 5) is 15.3. The Morgan fingerprint density at radius 1 is 1.31 bits per heavy atom. The fraction of sp³-hybridized carbons (Fsp3) is 0.167. The van der Waals surface area contributed by atoms with Gasteiger partial charge in [0, 0.05) is 63.7 Å². The van der Waals surface area contributed by atoms with Crippen LogP contribution in [0.3, 0.4) is 0 Å². The number of para-hydroxylation sites is 1. The summed E-state index contributed by atoms with van der Waals surface area (Å²) in [5.41, 5.74) is 2.02. The van der Waals surface area contributed by atoms with E-state index in [2.05, 4.69) is 10.3 Å². The molecule has 0 aliphatic heterocycles. The van der Waals surface area contributed by atoms with Crippen LogP contribution in [-0.4, -0.2) is 62.3 Å². The van der Waals surface area contributed by atoms with Gasteiger partial charge in [0.25, 0.3) is 0 Å². The van der Waals surface area contributed by atoms with Gasteiger partial charge in [-0.15, -0.1) is 0 Å². The number of hydrogen-bond acceptors (Lipinski definition) is 2. The van der Waals surface area contributed by atoms with Crippen molar-refractivity contribution >= 4 is 74.0 Å². The molecule has 0 saturated heterocycles. The number of pyridine rings is 1. The molecule has 3 nitrogen and oxygen atoms in total. The molecule has 2 aromatic rings. The number of carbonyl (C=O) groups is 1. The second kappa shape index (κ2) is 5.89. The van der Waals surface area contributed by atoms with Crippen molar-refractivity contribution in [2.24, 2.45) is 0 Å². The Hall–Kier alpha value is -0.264. The second-order valence-corrected chi connectivity index (χ2v) is 3.52. The Kier molecular flexibility index (Phi) is 5.08. The van der Waals surface area contributed by atoms with Crippen LogP contribution in [-0.2, 0) is 4.79 Å². The van der Waals surface area contributed by atoms with Gasteiger partial charge in [0.2, 0.25) is 5.91 Å². The Morgan fingerprint density at radius 3 is 2.69 bits per heavy atom. The Balaban J connectivity index is 0.00000128. The summed E-state index contributed by atoms with van der Waals surface area (Å²) in [6, 6.07) is 9.76. The number of anilines is 1. The average molecular weight is 239 g/mol. The van der Waals surface area contributed by atoms with E-state index in [1.165, 1.54) is 6.92 Å². The molecule has 1 amide bonds. The first-order chi connectivity index (χ1) is 7.16. The van der Waals surface area contributed by atoms with E-state index in [9.17, 15) is 4.79 Å². The second-order valence-electron chi connectivity index (χ2n) is 3.52. The van der Waals surface area contributed by atoms with Crippen molar-refractivity contribution in [3.05, 3.63) is 35.9 Å². The molecule has 77 valence electrons. The molecule has 1 N–H and O–H groups in total. The van der Waals surface area contributed by atoms with Crippen LogP contribution in [0.4, 0.5) is 5.82 Å². The minimum atomic E-state index is -0.0998. The van der Waals surface area contributed by atoms with E-state index >= 15 is 0 Å². The maximum Gasteiger partial charge on any atom is 0.222 e. The first kappa shape index (κ1) is 13.8. The number of aryl methyl sites for hydroxylation is 1. The zero-order valence-electron chi connectivity index (χ0n) is 9.74. The number of nitrogens with one attached hydrogen (secondary N) is 1. The minimum Gasteiger partial charge on any atom is -0.311 e. The molecule has 0 atom stereocenters. The molecule has 0 aliphatic carbocycles. The Labute approximate surface area is 137 Å². The van der Waals surface area contributed by atoms with Crippen molar-refractivity contribution in [3.8, 4) is 0 Å². The molecule has 0 saturated carbocycles. The van der Waals surface area contributed by atoms with Crippen LogP contribution < -0.4 is 5.32 Å². The molecule has 4 heteroatoms. The number of rotatable bonds is 1. The first-order valence-corrected chi connectivity index (χ1v) is 4.81. The predicted octanol–water partition coefficient (Wildman–Crippen LogP) is 2.12. The normalized spacial score (nSPS) is 9.62. The van der Waals surface area contributed by atoms with Gasteiger partial charge in [-0.05, 0) is 24.6 Å². The van der Waals surface area contributed by atoms with Crippen molar-refractivity contribution in [2.75, 3.05) is 5.32 Å². The van der Waals surface area contributed by atoms with Crippen molar-refractivity contribution in [1.82, 2.24) is 4.98 Å². The molecular formula is C12H12KN2O. The van der Waals surface area contributed by atoms with Crippen LogP contribution in [0.15, 0.2) is 30.3 Å². The number of carbonyl (C=O) groups excluding carboxylic acids is 1. The predicted molar refractivity (Wildman–Crippen MR) is 66.5 cm³/mol. The van der Waals surface area contributed by atoms with Crippen LogP contribution >= 0.6 is 0 Å². The molecule has 1 aromatic carbocycles. The number of nitrogens with zero attached hydrogens (tertiary/aromatic N) is 1. The fourth-order valence-electron chi connectivity index (χ4n) is 1.59. The Morgan fingerprint density at radius 2 is 2.00 bits per heavy atom. The standard InChI is InChI=1S/C12H12N2O.K/c1-8-7-12(13-9(2)15)14-11-6-4-3-5-10(8)11;/h3-7H,1-2H3,(H,13,14,15);.